The third-order valence-corrected chi connectivity index (χ3v) is 5.49. The third-order valence-electron chi connectivity index (χ3n) is 5.49. The van der Waals surface area contributed by atoms with Gasteiger partial charge in [-0.25, -0.2) is 0 Å². The molecule has 2 aromatic rings. The summed E-state index contributed by atoms with van der Waals surface area (Å²) in [6, 6.07) is 13.1. The zero-order valence-corrected chi connectivity index (χ0v) is 18.7. The molecule has 166 valence electrons. The smallest absolute Gasteiger partial charge is 0.253 e. The maximum absolute atomic E-state index is 12.8. The van der Waals surface area contributed by atoms with Gasteiger partial charge in [0.05, 0.1) is 20.8 Å². The van der Waals surface area contributed by atoms with E-state index in [-0.39, 0.29) is 18.4 Å². The summed E-state index contributed by atoms with van der Waals surface area (Å²) in [4.78, 5) is 29.2. The lowest BCUT2D eigenvalue weighted by Gasteiger charge is -2.34. The fourth-order valence-electron chi connectivity index (χ4n) is 3.59. The molecule has 0 saturated carbocycles. The molecule has 0 aromatic heterocycles. The molecule has 0 radical (unpaired) electrons. The molecule has 0 atom stereocenters. The van der Waals surface area contributed by atoms with Gasteiger partial charge in [-0.2, -0.15) is 0 Å². The summed E-state index contributed by atoms with van der Waals surface area (Å²) >= 11 is 0. The Kier molecular flexibility index (Phi) is 7.52. The highest BCUT2D eigenvalue weighted by Crippen LogP contribution is 2.25. The third kappa shape index (κ3) is 5.98. The molecule has 1 aliphatic rings. The molecule has 0 spiro atoms. The predicted molar refractivity (Wildman–Crippen MR) is 121 cm³/mol. The van der Waals surface area contributed by atoms with Crippen molar-refractivity contribution in [1.29, 1.82) is 0 Å². The first-order valence-electron chi connectivity index (χ1n) is 10.5. The monoisotopic (exact) mass is 425 g/mol. The summed E-state index contributed by atoms with van der Waals surface area (Å²) in [6.07, 6.45) is 0. The van der Waals surface area contributed by atoms with Gasteiger partial charge in [0.25, 0.3) is 5.91 Å². The maximum Gasteiger partial charge on any atom is 0.253 e. The van der Waals surface area contributed by atoms with E-state index in [1.807, 2.05) is 29.2 Å². The predicted octanol–water partition coefficient (Wildman–Crippen LogP) is 3.22. The molecular formula is C24H31N3O4. The normalized spacial score (nSPS) is 14.4. The SMILES string of the molecule is COc1cc(NC(=O)CN2CCN(C(=O)c3ccc(C(C)C)cc3)CC2)cc(OC)c1. The summed E-state index contributed by atoms with van der Waals surface area (Å²) < 4.78 is 10.5. The topological polar surface area (TPSA) is 71.1 Å². The van der Waals surface area contributed by atoms with Gasteiger partial charge in [-0.15, -0.1) is 0 Å². The molecule has 31 heavy (non-hydrogen) atoms. The van der Waals surface area contributed by atoms with Crippen LogP contribution < -0.4 is 14.8 Å². The summed E-state index contributed by atoms with van der Waals surface area (Å²) in [5.74, 6) is 1.60. The zero-order valence-electron chi connectivity index (χ0n) is 18.7. The van der Waals surface area contributed by atoms with E-state index < -0.39 is 0 Å². The minimum Gasteiger partial charge on any atom is -0.497 e. The van der Waals surface area contributed by atoms with E-state index in [0.717, 1.165) is 0 Å². The average Bonchev–Trinajstić information content (AvgIpc) is 2.78. The van der Waals surface area contributed by atoms with E-state index in [4.69, 9.17) is 9.47 Å². The van der Waals surface area contributed by atoms with Gasteiger partial charge in [-0.1, -0.05) is 26.0 Å². The minimum atomic E-state index is -0.112. The van der Waals surface area contributed by atoms with Gasteiger partial charge in [0.15, 0.2) is 0 Å². The molecule has 1 heterocycles. The lowest BCUT2D eigenvalue weighted by atomic mass is 10.0. The first-order chi connectivity index (χ1) is 14.9. The van der Waals surface area contributed by atoms with Crippen LogP contribution in [0, 0.1) is 0 Å². The zero-order chi connectivity index (χ0) is 22.4. The molecule has 7 heteroatoms. The Hall–Kier alpha value is -3.06. The van der Waals surface area contributed by atoms with E-state index in [1.54, 1.807) is 32.4 Å². The Morgan fingerprint density at radius 1 is 0.935 bits per heavy atom. The number of rotatable bonds is 7. The molecule has 0 aliphatic carbocycles. The number of carbonyl (C=O) groups is 2. The first-order valence-corrected chi connectivity index (χ1v) is 10.5. The van der Waals surface area contributed by atoms with Crippen molar-refractivity contribution in [1.82, 2.24) is 9.80 Å². The summed E-state index contributed by atoms with van der Waals surface area (Å²) in [7, 11) is 3.14. The van der Waals surface area contributed by atoms with Gasteiger partial charge < -0.3 is 19.7 Å². The number of methoxy groups -OCH3 is 2. The summed E-state index contributed by atoms with van der Waals surface area (Å²) in [5.41, 5.74) is 2.56. The lowest BCUT2D eigenvalue weighted by molar-refractivity contribution is -0.117. The molecule has 1 fully saturated rings. The summed E-state index contributed by atoms with van der Waals surface area (Å²) in [5, 5.41) is 2.89. The number of ether oxygens (including phenoxy) is 2. The molecule has 1 saturated heterocycles. The summed E-state index contributed by atoms with van der Waals surface area (Å²) in [6.45, 7) is 7.06. The van der Waals surface area contributed by atoms with Crippen molar-refractivity contribution in [3.05, 3.63) is 53.6 Å². The first kappa shape index (κ1) is 22.6. The van der Waals surface area contributed by atoms with Crippen LogP contribution in [0.2, 0.25) is 0 Å². The molecule has 2 aromatic carbocycles. The van der Waals surface area contributed by atoms with E-state index >= 15 is 0 Å². The lowest BCUT2D eigenvalue weighted by Crippen LogP contribution is -2.50. The van der Waals surface area contributed by atoms with Crippen LogP contribution in [0.5, 0.6) is 11.5 Å². The molecular weight excluding hydrogens is 394 g/mol. The van der Waals surface area contributed by atoms with Crippen LogP contribution in [0.3, 0.4) is 0 Å². The second-order valence-corrected chi connectivity index (χ2v) is 7.99. The minimum absolute atomic E-state index is 0.0443. The van der Waals surface area contributed by atoms with Crippen LogP contribution in [0.1, 0.15) is 35.7 Å². The molecule has 0 unspecified atom stereocenters. The molecule has 0 bridgehead atoms. The molecule has 1 N–H and O–H groups in total. The number of benzene rings is 2. The van der Waals surface area contributed by atoms with Crippen LogP contribution in [0.4, 0.5) is 5.69 Å². The van der Waals surface area contributed by atoms with Crippen molar-refractivity contribution in [3.63, 3.8) is 0 Å². The highest BCUT2D eigenvalue weighted by atomic mass is 16.5. The van der Waals surface area contributed by atoms with E-state index in [0.29, 0.717) is 54.8 Å². The largest absolute Gasteiger partial charge is 0.497 e. The van der Waals surface area contributed by atoms with Crippen LogP contribution in [-0.4, -0.2) is 68.6 Å². The Morgan fingerprint density at radius 2 is 1.52 bits per heavy atom. The van der Waals surface area contributed by atoms with Crippen LogP contribution in [0.15, 0.2) is 42.5 Å². The molecule has 2 amide bonds. The Bertz CT molecular complexity index is 881. The molecule has 7 nitrogen and oxygen atoms in total. The van der Waals surface area contributed by atoms with E-state index in [1.165, 1.54) is 5.56 Å². The number of amides is 2. The second kappa shape index (κ2) is 10.3. The van der Waals surface area contributed by atoms with Crippen LogP contribution >= 0.6 is 0 Å². The number of piperazine rings is 1. The van der Waals surface area contributed by atoms with Gasteiger partial charge in [0.1, 0.15) is 11.5 Å². The number of nitrogens with zero attached hydrogens (tertiary/aromatic N) is 2. The van der Waals surface area contributed by atoms with Crippen molar-refractivity contribution in [2.24, 2.45) is 0 Å². The Balaban J connectivity index is 1.50. The number of hydrogen-bond donors (Lipinski definition) is 1. The van der Waals surface area contributed by atoms with Crippen molar-refractivity contribution in [2.75, 3.05) is 52.3 Å². The Morgan fingerprint density at radius 3 is 2.03 bits per heavy atom. The van der Waals surface area contributed by atoms with Gasteiger partial charge in [-0.05, 0) is 23.6 Å². The highest BCUT2D eigenvalue weighted by molar-refractivity contribution is 5.94. The average molecular weight is 426 g/mol. The van der Waals surface area contributed by atoms with Crippen molar-refractivity contribution in [2.45, 2.75) is 19.8 Å². The van der Waals surface area contributed by atoms with E-state index in [9.17, 15) is 9.59 Å². The van der Waals surface area contributed by atoms with Crippen LogP contribution in [0.25, 0.3) is 0 Å². The highest BCUT2D eigenvalue weighted by Gasteiger charge is 2.23. The number of nitrogens with one attached hydrogen (secondary N) is 1. The number of anilines is 1. The van der Waals surface area contributed by atoms with E-state index in [2.05, 4.69) is 24.1 Å². The van der Waals surface area contributed by atoms with Gasteiger partial charge >= 0.3 is 0 Å². The van der Waals surface area contributed by atoms with Crippen molar-refractivity contribution >= 4 is 17.5 Å². The Labute approximate surface area is 183 Å². The van der Waals surface area contributed by atoms with Crippen LogP contribution in [-0.2, 0) is 4.79 Å². The maximum atomic E-state index is 12.8. The number of carbonyl (C=O) groups excluding carboxylic acids is 2. The second-order valence-electron chi connectivity index (χ2n) is 7.99. The standard InChI is InChI=1S/C24H31N3O4/c1-17(2)18-5-7-19(8-6-18)24(29)27-11-9-26(10-12-27)16-23(28)25-20-13-21(30-3)15-22(14-20)31-4/h5-8,13-15,17H,9-12,16H2,1-4H3,(H,25,28). The fourth-order valence-corrected chi connectivity index (χ4v) is 3.59. The number of hydrogen-bond acceptors (Lipinski definition) is 5. The van der Waals surface area contributed by atoms with Crippen molar-refractivity contribution in [3.8, 4) is 11.5 Å². The fraction of sp³-hybridized carbons (Fsp3) is 0.417. The quantitative estimate of drug-likeness (QED) is 0.738. The van der Waals surface area contributed by atoms with Crippen molar-refractivity contribution < 1.29 is 19.1 Å². The van der Waals surface area contributed by atoms with Gasteiger partial charge in [-0.3, -0.25) is 14.5 Å². The molecule has 1 aliphatic heterocycles. The van der Waals surface area contributed by atoms with Gasteiger partial charge in [0, 0.05) is 55.6 Å². The van der Waals surface area contributed by atoms with Gasteiger partial charge in [0.2, 0.25) is 5.91 Å². The molecule has 3 rings (SSSR count).